The number of benzene rings is 2. The first-order valence-corrected chi connectivity index (χ1v) is 10.3. The molecule has 0 aromatic heterocycles. The quantitative estimate of drug-likeness (QED) is 0.848. The minimum atomic E-state index is -4.11. The van der Waals surface area contributed by atoms with E-state index in [1.807, 2.05) is 0 Å². The predicted molar refractivity (Wildman–Crippen MR) is 100 cm³/mol. The Kier molecular flexibility index (Phi) is 4.44. The molecule has 8 heteroatoms. The highest BCUT2D eigenvalue weighted by atomic mass is 35.5. The summed E-state index contributed by atoms with van der Waals surface area (Å²) in [5.74, 6) is -1.34. The van der Waals surface area contributed by atoms with Gasteiger partial charge < -0.3 is 10.2 Å². The van der Waals surface area contributed by atoms with Crippen molar-refractivity contribution < 1.29 is 17.6 Å². The van der Waals surface area contributed by atoms with Gasteiger partial charge in [0.05, 0.1) is 10.6 Å². The fourth-order valence-electron chi connectivity index (χ4n) is 3.53. The van der Waals surface area contributed by atoms with Crippen molar-refractivity contribution in [2.24, 2.45) is 0 Å². The molecular formula is C19H16ClFN2O3S. The van der Waals surface area contributed by atoms with Gasteiger partial charge in [-0.1, -0.05) is 23.7 Å². The molecule has 2 aliphatic rings. The van der Waals surface area contributed by atoms with Crippen LogP contribution in [0.5, 0.6) is 0 Å². The zero-order valence-electron chi connectivity index (χ0n) is 14.2. The number of carbonyl (C=O) groups is 1. The van der Waals surface area contributed by atoms with Crippen LogP contribution in [0.15, 0.2) is 58.0 Å². The minimum Gasteiger partial charge on any atom is -0.347 e. The first-order chi connectivity index (χ1) is 12.9. The van der Waals surface area contributed by atoms with E-state index in [9.17, 15) is 17.6 Å². The lowest BCUT2D eigenvalue weighted by Gasteiger charge is -2.30. The molecule has 0 atom stereocenters. The fraction of sp³-hybridized carbons (Fsp3) is 0.211. The summed E-state index contributed by atoms with van der Waals surface area (Å²) in [5, 5.41) is 3.18. The zero-order valence-corrected chi connectivity index (χ0v) is 15.8. The van der Waals surface area contributed by atoms with E-state index in [-0.39, 0.29) is 16.3 Å². The van der Waals surface area contributed by atoms with Gasteiger partial charge in [0.15, 0.2) is 4.91 Å². The number of nitrogens with one attached hydrogen (secondary N) is 1. The van der Waals surface area contributed by atoms with Gasteiger partial charge in [0.2, 0.25) is 9.84 Å². The standard InChI is InChI=1S/C19H16ClFN2O3S/c20-13-4-1-3-12(9-13)11-22-19(24)18-16-5-2-8-23(16)15-7-6-14(21)10-17(15)27(18,25)26/h1,3-4,6-7,9-10H,2,5,8,11H2,(H,22,24). The van der Waals surface area contributed by atoms with Gasteiger partial charge in [0.1, 0.15) is 5.82 Å². The van der Waals surface area contributed by atoms with E-state index in [1.165, 1.54) is 12.1 Å². The van der Waals surface area contributed by atoms with Gasteiger partial charge in [-0.2, -0.15) is 0 Å². The number of hydrogen-bond donors (Lipinski definition) is 1. The largest absolute Gasteiger partial charge is 0.347 e. The molecule has 2 aromatic carbocycles. The van der Waals surface area contributed by atoms with Gasteiger partial charge in [-0.05, 0) is 48.7 Å². The van der Waals surface area contributed by atoms with Crippen LogP contribution in [0, 0.1) is 5.82 Å². The molecule has 140 valence electrons. The van der Waals surface area contributed by atoms with Crippen molar-refractivity contribution in [2.75, 3.05) is 11.4 Å². The van der Waals surface area contributed by atoms with Gasteiger partial charge in [-0.25, -0.2) is 12.8 Å². The number of hydrogen-bond acceptors (Lipinski definition) is 4. The summed E-state index contributed by atoms with van der Waals surface area (Å²) >= 11 is 5.94. The second-order valence-electron chi connectivity index (χ2n) is 6.46. The van der Waals surface area contributed by atoms with Crippen molar-refractivity contribution >= 4 is 33.0 Å². The van der Waals surface area contributed by atoms with E-state index in [1.54, 1.807) is 29.2 Å². The fourth-order valence-corrected chi connectivity index (χ4v) is 5.52. The second-order valence-corrected chi connectivity index (χ2v) is 8.75. The Morgan fingerprint density at radius 3 is 2.81 bits per heavy atom. The summed E-state index contributed by atoms with van der Waals surface area (Å²) in [6, 6.07) is 10.6. The highest BCUT2D eigenvalue weighted by Crippen LogP contribution is 2.43. The minimum absolute atomic E-state index is 0.141. The van der Waals surface area contributed by atoms with Crippen molar-refractivity contribution in [3.05, 3.63) is 69.5 Å². The number of amides is 1. The third kappa shape index (κ3) is 3.11. The lowest BCUT2D eigenvalue weighted by molar-refractivity contribution is -0.117. The van der Waals surface area contributed by atoms with Gasteiger partial charge in [-0.3, -0.25) is 4.79 Å². The number of anilines is 1. The van der Waals surface area contributed by atoms with Crippen LogP contribution in [-0.2, 0) is 21.2 Å². The first-order valence-electron chi connectivity index (χ1n) is 8.46. The van der Waals surface area contributed by atoms with Crippen LogP contribution < -0.4 is 10.2 Å². The summed E-state index contributed by atoms with van der Waals surface area (Å²) in [6.45, 7) is 0.732. The summed E-state index contributed by atoms with van der Waals surface area (Å²) in [6.07, 6.45) is 1.21. The first kappa shape index (κ1) is 18.0. The molecule has 5 nitrogen and oxygen atoms in total. The molecule has 2 aliphatic heterocycles. The monoisotopic (exact) mass is 406 g/mol. The molecule has 2 aromatic rings. The predicted octanol–water partition coefficient (Wildman–Crippen LogP) is 3.39. The highest BCUT2D eigenvalue weighted by Gasteiger charge is 2.41. The Hall–Kier alpha value is -2.38. The second kappa shape index (κ2) is 6.65. The van der Waals surface area contributed by atoms with E-state index >= 15 is 0 Å². The van der Waals surface area contributed by atoms with E-state index in [0.29, 0.717) is 29.4 Å². The molecule has 2 heterocycles. The van der Waals surface area contributed by atoms with Crippen molar-refractivity contribution in [1.29, 1.82) is 0 Å². The van der Waals surface area contributed by atoms with Crippen LogP contribution in [0.25, 0.3) is 0 Å². The smallest absolute Gasteiger partial charge is 0.265 e. The Labute approximate surface area is 161 Å². The molecule has 0 spiro atoms. The Morgan fingerprint density at radius 2 is 2.04 bits per heavy atom. The zero-order chi connectivity index (χ0) is 19.2. The van der Waals surface area contributed by atoms with Crippen molar-refractivity contribution in [3.8, 4) is 0 Å². The molecule has 1 amide bonds. The van der Waals surface area contributed by atoms with Crippen molar-refractivity contribution in [3.63, 3.8) is 0 Å². The Bertz CT molecular complexity index is 1080. The maximum absolute atomic E-state index is 13.7. The summed E-state index contributed by atoms with van der Waals surface area (Å²) in [5.41, 5.74) is 1.65. The molecule has 1 fully saturated rings. The normalized spacial score (nSPS) is 17.5. The molecule has 0 unspecified atom stereocenters. The van der Waals surface area contributed by atoms with E-state index in [2.05, 4.69) is 5.32 Å². The number of nitrogens with zero attached hydrogens (tertiary/aromatic N) is 1. The van der Waals surface area contributed by atoms with Gasteiger partial charge in [0, 0.05) is 23.8 Å². The average molecular weight is 407 g/mol. The molecule has 0 radical (unpaired) electrons. The third-order valence-electron chi connectivity index (χ3n) is 4.70. The number of halogens is 2. The van der Waals surface area contributed by atoms with Crippen LogP contribution in [0.2, 0.25) is 5.02 Å². The highest BCUT2D eigenvalue weighted by molar-refractivity contribution is 7.96. The van der Waals surface area contributed by atoms with Crippen LogP contribution in [0.1, 0.15) is 18.4 Å². The Morgan fingerprint density at radius 1 is 1.22 bits per heavy atom. The van der Waals surface area contributed by atoms with Gasteiger partial charge in [-0.15, -0.1) is 0 Å². The molecule has 0 aliphatic carbocycles. The van der Waals surface area contributed by atoms with Crippen molar-refractivity contribution in [1.82, 2.24) is 5.32 Å². The summed E-state index contributed by atoms with van der Waals surface area (Å²) in [7, 11) is -4.11. The van der Waals surface area contributed by atoms with Gasteiger partial charge >= 0.3 is 0 Å². The van der Waals surface area contributed by atoms with Crippen LogP contribution in [-0.4, -0.2) is 20.9 Å². The number of fused-ring (bicyclic) bond motifs is 3. The number of allylic oxidation sites excluding steroid dienone is 1. The maximum atomic E-state index is 13.7. The lowest BCUT2D eigenvalue weighted by Crippen LogP contribution is -2.35. The van der Waals surface area contributed by atoms with Crippen LogP contribution in [0.4, 0.5) is 10.1 Å². The number of sulfone groups is 1. The molecular weight excluding hydrogens is 391 g/mol. The molecule has 0 bridgehead atoms. The molecule has 1 N–H and O–H groups in total. The van der Waals surface area contributed by atoms with Gasteiger partial charge in [0.25, 0.3) is 5.91 Å². The lowest BCUT2D eigenvalue weighted by atomic mass is 10.2. The number of carbonyl (C=O) groups excluding carboxylic acids is 1. The molecule has 27 heavy (non-hydrogen) atoms. The molecule has 0 saturated carbocycles. The van der Waals surface area contributed by atoms with E-state index < -0.39 is 21.6 Å². The van der Waals surface area contributed by atoms with E-state index in [4.69, 9.17) is 11.6 Å². The summed E-state index contributed by atoms with van der Waals surface area (Å²) < 4.78 is 39.9. The van der Waals surface area contributed by atoms with Crippen molar-refractivity contribution in [2.45, 2.75) is 24.3 Å². The third-order valence-corrected chi connectivity index (χ3v) is 6.80. The Balaban J connectivity index is 1.71. The molecule has 1 saturated heterocycles. The SMILES string of the molecule is O=C(NCc1cccc(Cl)c1)C1=C2CCCN2c2ccc(F)cc2S1(=O)=O. The average Bonchev–Trinajstić information content (AvgIpc) is 3.09. The maximum Gasteiger partial charge on any atom is 0.265 e. The summed E-state index contributed by atoms with van der Waals surface area (Å²) in [4.78, 5) is 14.1. The molecule has 4 rings (SSSR count). The van der Waals surface area contributed by atoms with E-state index in [0.717, 1.165) is 18.1 Å². The topological polar surface area (TPSA) is 66.5 Å². The van der Waals surface area contributed by atoms with Crippen LogP contribution >= 0.6 is 11.6 Å². The number of rotatable bonds is 3. The van der Waals surface area contributed by atoms with Crippen LogP contribution in [0.3, 0.4) is 0 Å².